The molecule has 0 amide bonds. The summed E-state index contributed by atoms with van der Waals surface area (Å²) in [5.74, 6) is 2.23. The summed E-state index contributed by atoms with van der Waals surface area (Å²) in [6, 6.07) is 0.611. The van der Waals surface area contributed by atoms with Crippen LogP contribution in [0.5, 0.6) is 0 Å². The van der Waals surface area contributed by atoms with Crippen molar-refractivity contribution >= 4 is 11.8 Å². The van der Waals surface area contributed by atoms with E-state index in [1.165, 1.54) is 50.7 Å². The molecule has 3 aliphatic rings. The van der Waals surface area contributed by atoms with Gasteiger partial charge in [0.25, 0.3) is 0 Å². The number of hydrogen-bond acceptors (Lipinski definition) is 3. The van der Waals surface area contributed by atoms with Gasteiger partial charge in [-0.05, 0) is 24.5 Å². The lowest BCUT2D eigenvalue weighted by Crippen LogP contribution is -2.61. The summed E-state index contributed by atoms with van der Waals surface area (Å²) in [4.78, 5) is 0. The maximum absolute atomic E-state index is 6.31. The fraction of sp³-hybridized carbons (Fsp3) is 1.00. The highest BCUT2D eigenvalue weighted by Gasteiger charge is 2.50. The summed E-state index contributed by atoms with van der Waals surface area (Å²) in [6.07, 6.45) is 9.88. The summed E-state index contributed by atoms with van der Waals surface area (Å²) in [5.41, 5.74) is 0.153. The Bertz CT molecular complexity index is 280. The molecule has 0 bridgehead atoms. The van der Waals surface area contributed by atoms with Gasteiger partial charge in [-0.1, -0.05) is 39.0 Å². The molecule has 0 aromatic heterocycles. The Morgan fingerprint density at radius 2 is 2.11 bits per heavy atom. The summed E-state index contributed by atoms with van der Waals surface area (Å²) in [6.45, 7) is 4.33. The number of rotatable bonds is 2. The largest absolute Gasteiger partial charge is 0.371 e. The van der Waals surface area contributed by atoms with Crippen molar-refractivity contribution in [3.8, 4) is 0 Å². The lowest BCUT2D eigenvalue weighted by molar-refractivity contribution is -0.0981. The van der Waals surface area contributed by atoms with Crippen molar-refractivity contribution in [1.82, 2.24) is 5.32 Å². The molecular weight excluding hydrogens is 242 g/mol. The minimum absolute atomic E-state index is 0.153. The first-order valence-electron chi connectivity index (χ1n) is 7.80. The van der Waals surface area contributed by atoms with Gasteiger partial charge in [-0.15, -0.1) is 0 Å². The Balaban J connectivity index is 1.67. The van der Waals surface area contributed by atoms with Crippen molar-refractivity contribution in [2.75, 3.05) is 18.9 Å². The van der Waals surface area contributed by atoms with Crippen LogP contribution < -0.4 is 5.32 Å². The number of thioether (sulfide) groups is 1. The normalized spacial score (nSPS) is 42.5. The second-order valence-electron chi connectivity index (χ2n) is 6.31. The topological polar surface area (TPSA) is 21.3 Å². The maximum Gasteiger partial charge on any atom is 0.0958 e. The van der Waals surface area contributed by atoms with Crippen LogP contribution in [-0.4, -0.2) is 35.8 Å². The lowest BCUT2D eigenvalue weighted by Gasteiger charge is -2.46. The van der Waals surface area contributed by atoms with Crippen LogP contribution in [0.4, 0.5) is 0 Å². The third kappa shape index (κ3) is 2.46. The fourth-order valence-electron chi connectivity index (χ4n) is 4.17. The van der Waals surface area contributed by atoms with Crippen LogP contribution >= 0.6 is 11.8 Å². The van der Waals surface area contributed by atoms with Crippen molar-refractivity contribution in [3.05, 3.63) is 0 Å². The number of ether oxygens (including phenoxy) is 1. The van der Waals surface area contributed by atoms with Gasteiger partial charge in [0.05, 0.1) is 12.2 Å². The van der Waals surface area contributed by atoms with Gasteiger partial charge in [0.2, 0.25) is 0 Å². The van der Waals surface area contributed by atoms with E-state index in [0.717, 1.165) is 19.1 Å². The van der Waals surface area contributed by atoms with E-state index in [2.05, 4.69) is 24.0 Å². The van der Waals surface area contributed by atoms with Crippen LogP contribution in [0.1, 0.15) is 51.9 Å². The first kappa shape index (κ1) is 13.3. The van der Waals surface area contributed by atoms with Crippen LogP contribution in [-0.2, 0) is 4.74 Å². The van der Waals surface area contributed by atoms with Crippen LogP contribution in [0.25, 0.3) is 0 Å². The van der Waals surface area contributed by atoms with Crippen molar-refractivity contribution in [3.63, 3.8) is 0 Å². The second kappa shape index (κ2) is 5.72. The van der Waals surface area contributed by atoms with Gasteiger partial charge < -0.3 is 10.1 Å². The molecule has 3 fully saturated rings. The van der Waals surface area contributed by atoms with Crippen LogP contribution in [0.3, 0.4) is 0 Å². The van der Waals surface area contributed by atoms with E-state index in [-0.39, 0.29) is 5.60 Å². The second-order valence-corrected chi connectivity index (χ2v) is 7.76. The molecular formula is C15H27NOS. The molecule has 18 heavy (non-hydrogen) atoms. The zero-order chi connectivity index (χ0) is 12.4. The Hall–Kier alpha value is 0.270. The summed E-state index contributed by atoms with van der Waals surface area (Å²) >= 11 is 2.10. The van der Waals surface area contributed by atoms with E-state index in [9.17, 15) is 0 Å². The van der Waals surface area contributed by atoms with E-state index in [1.807, 2.05) is 0 Å². The van der Waals surface area contributed by atoms with E-state index in [1.54, 1.807) is 0 Å². The Morgan fingerprint density at radius 1 is 1.28 bits per heavy atom. The van der Waals surface area contributed by atoms with E-state index >= 15 is 0 Å². The quantitative estimate of drug-likeness (QED) is 0.832. The SMILES string of the molecule is CC1SCCC12OCCNC2CC1CCCCC1. The first-order chi connectivity index (χ1) is 8.81. The van der Waals surface area contributed by atoms with E-state index < -0.39 is 0 Å². The molecule has 2 aliphatic heterocycles. The molecule has 0 aromatic rings. The predicted octanol–water partition coefficient (Wildman–Crippen LogP) is 3.21. The molecule has 2 saturated heterocycles. The van der Waals surface area contributed by atoms with Crippen LogP contribution in [0.15, 0.2) is 0 Å². The van der Waals surface area contributed by atoms with Gasteiger partial charge in [0, 0.05) is 17.8 Å². The molecule has 2 nitrogen and oxygen atoms in total. The van der Waals surface area contributed by atoms with Gasteiger partial charge >= 0.3 is 0 Å². The molecule has 3 unspecified atom stereocenters. The van der Waals surface area contributed by atoms with Gasteiger partial charge in [0.15, 0.2) is 0 Å². The Kier molecular flexibility index (Phi) is 4.21. The highest BCUT2D eigenvalue weighted by Crippen LogP contribution is 2.44. The minimum Gasteiger partial charge on any atom is -0.371 e. The predicted molar refractivity (Wildman–Crippen MR) is 78.2 cm³/mol. The standard InChI is InChI=1S/C15H27NOS/c1-12-15(7-10-18-12)14(16-8-9-17-15)11-13-5-3-2-4-6-13/h12-14,16H,2-11H2,1H3. The zero-order valence-electron chi connectivity index (χ0n) is 11.6. The smallest absolute Gasteiger partial charge is 0.0958 e. The Morgan fingerprint density at radius 3 is 2.83 bits per heavy atom. The molecule has 3 rings (SSSR count). The number of hydrogen-bond donors (Lipinski definition) is 1. The monoisotopic (exact) mass is 269 g/mol. The average Bonchev–Trinajstić information content (AvgIpc) is 2.76. The van der Waals surface area contributed by atoms with E-state index in [0.29, 0.717) is 11.3 Å². The van der Waals surface area contributed by atoms with E-state index in [4.69, 9.17) is 4.74 Å². The lowest BCUT2D eigenvalue weighted by atomic mass is 9.77. The molecule has 1 N–H and O–H groups in total. The highest BCUT2D eigenvalue weighted by atomic mass is 32.2. The van der Waals surface area contributed by atoms with Gasteiger partial charge in [0.1, 0.15) is 0 Å². The summed E-state index contributed by atoms with van der Waals surface area (Å²) in [5, 5.41) is 4.46. The molecule has 3 atom stereocenters. The molecule has 1 spiro atoms. The van der Waals surface area contributed by atoms with Crippen LogP contribution in [0.2, 0.25) is 0 Å². The molecule has 3 heteroatoms. The third-order valence-corrected chi connectivity index (χ3v) is 6.63. The van der Waals surface area contributed by atoms with Crippen molar-refractivity contribution in [1.29, 1.82) is 0 Å². The zero-order valence-corrected chi connectivity index (χ0v) is 12.4. The average molecular weight is 269 g/mol. The molecule has 2 heterocycles. The fourth-order valence-corrected chi connectivity index (χ4v) is 5.60. The van der Waals surface area contributed by atoms with Crippen LogP contribution in [0, 0.1) is 5.92 Å². The summed E-state index contributed by atoms with van der Waals surface area (Å²) in [7, 11) is 0. The maximum atomic E-state index is 6.31. The third-order valence-electron chi connectivity index (χ3n) is 5.30. The van der Waals surface area contributed by atoms with Crippen molar-refractivity contribution in [2.24, 2.45) is 5.92 Å². The van der Waals surface area contributed by atoms with Crippen molar-refractivity contribution < 1.29 is 4.74 Å². The van der Waals surface area contributed by atoms with Gasteiger partial charge in [-0.3, -0.25) is 0 Å². The van der Waals surface area contributed by atoms with Gasteiger partial charge in [-0.25, -0.2) is 0 Å². The minimum atomic E-state index is 0.153. The molecule has 0 aromatic carbocycles. The molecule has 1 saturated carbocycles. The van der Waals surface area contributed by atoms with Gasteiger partial charge in [-0.2, -0.15) is 11.8 Å². The highest BCUT2D eigenvalue weighted by molar-refractivity contribution is 8.00. The van der Waals surface area contributed by atoms with Crippen molar-refractivity contribution in [2.45, 2.75) is 68.8 Å². The summed E-state index contributed by atoms with van der Waals surface area (Å²) < 4.78 is 6.31. The molecule has 0 radical (unpaired) electrons. The molecule has 1 aliphatic carbocycles. The molecule has 104 valence electrons. The Labute approximate surface area is 116 Å². The number of morpholine rings is 1. The first-order valence-corrected chi connectivity index (χ1v) is 8.85. The number of nitrogens with one attached hydrogen (secondary N) is 1.